The fraction of sp³-hybridized carbons (Fsp3) is 0.562. The summed E-state index contributed by atoms with van der Waals surface area (Å²) < 4.78 is 2.36. The summed E-state index contributed by atoms with van der Waals surface area (Å²) in [6.07, 6.45) is 3.52. The lowest BCUT2D eigenvalue weighted by Crippen LogP contribution is -2.19. The molecule has 1 saturated carbocycles. The fourth-order valence-corrected chi connectivity index (χ4v) is 3.25. The molecule has 1 aromatic heterocycles. The fourth-order valence-electron chi connectivity index (χ4n) is 2.99. The molecule has 0 saturated heterocycles. The largest absolute Gasteiger partial charge is 0.330 e. The number of nitrogens with two attached hydrogens (primary N) is 1. The van der Waals surface area contributed by atoms with E-state index >= 15 is 0 Å². The summed E-state index contributed by atoms with van der Waals surface area (Å²) in [5.74, 6) is 2.07. The molecule has 2 N–H and O–H groups in total. The highest BCUT2D eigenvalue weighted by atomic mass is 35.5. The van der Waals surface area contributed by atoms with Crippen LogP contribution >= 0.6 is 11.6 Å². The van der Waals surface area contributed by atoms with Gasteiger partial charge in [-0.25, -0.2) is 4.98 Å². The monoisotopic (exact) mass is 291 g/mol. The molecule has 0 spiro atoms. The van der Waals surface area contributed by atoms with Gasteiger partial charge in [0.25, 0.3) is 0 Å². The number of para-hydroxylation sites is 1. The highest BCUT2D eigenvalue weighted by Gasteiger charge is 2.31. The number of aromatic nitrogens is 2. The molecule has 4 heteroatoms. The Labute approximate surface area is 125 Å². The third kappa shape index (κ3) is 2.45. The zero-order valence-corrected chi connectivity index (χ0v) is 12.9. The van der Waals surface area contributed by atoms with Gasteiger partial charge < -0.3 is 10.3 Å². The molecule has 108 valence electrons. The summed E-state index contributed by atoms with van der Waals surface area (Å²) in [6, 6.07) is 6.54. The maximum absolute atomic E-state index is 6.41. The lowest BCUT2D eigenvalue weighted by Gasteiger charge is -2.18. The van der Waals surface area contributed by atoms with Crippen LogP contribution in [-0.4, -0.2) is 16.1 Å². The Kier molecular flexibility index (Phi) is 3.74. The topological polar surface area (TPSA) is 43.8 Å². The zero-order chi connectivity index (χ0) is 14.3. The number of hydrogen-bond acceptors (Lipinski definition) is 2. The summed E-state index contributed by atoms with van der Waals surface area (Å²) in [4.78, 5) is 4.86. The molecule has 20 heavy (non-hydrogen) atoms. The van der Waals surface area contributed by atoms with Gasteiger partial charge in [0.1, 0.15) is 5.82 Å². The van der Waals surface area contributed by atoms with Crippen molar-refractivity contribution in [2.75, 3.05) is 6.54 Å². The van der Waals surface area contributed by atoms with Gasteiger partial charge in [-0.15, -0.1) is 0 Å². The minimum atomic E-state index is 0.319. The van der Waals surface area contributed by atoms with Crippen LogP contribution in [0.2, 0.25) is 5.02 Å². The van der Waals surface area contributed by atoms with Crippen LogP contribution in [0.4, 0.5) is 0 Å². The van der Waals surface area contributed by atoms with Gasteiger partial charge in [0, 0.05) is 18.5 Å². The van der Waals surface area contributed by atoms with Crippen LogP contribution in [0, 0.1) is 5.92 Å². The average Bonchev–Trinajstić information content (AvgIpc) is 3.16. The predicted molar refractivity (Wildman–Crippen MR) is 84.3 cm³/mol. The molecule has 1 aromatic carbocycles. The number of nitrogens with zero attached hydrogens (tertiary/aromatic N) is 2. The second-order valence-electron chi connectivity index (χ2n) is 6.24. The van der Waals surface area contributed by atoms with Crippen LogP contribution < -0.4 is 5.73 Å². The molecule has 1 fully saturated rings. The third-order valence-corrected chi connectivity index (χ3v) is 4.31. The molecule has 1 unspecified atom stereocenters. The quantitative estimate of drug-likeness (QED) is 0.901. The molecule has 2 aromatic rings. The van der Waals surface area contributed by atoms with Gasteiger partial charge in [-0.2, -0.15) is 0 Å². The van der Waals surface area contributed by atoms with Gasteiger partial charge in [-0.1, -0.05) is 31.5 Å². The first kappa shape index (κ1) is 13.9. The first-order valence-corrected chi connectivity index (χ1v) is 7.86. The minimum Gasteiger partial charge on any atom is -0.330 e. The maximum atomic E-state index is 6.41. The Morgan fingerprint density at radius 2 is 2.15 bits per heavy atom. The summed E-state index contributed by atoms with van der Waals surface area (Å²) >= 11 is 6.41. The SMILES string of the molecule is CC(C)CC(CN)c1nc2cccc(Cl)c2n1C1CC1. The number of rotatable bonds is 5. The van der Waals surface area contributed by atoms with Crippen molar-refractivity contribution < 1.29 is 0 Å². The standard InChI is InChI=1S/C16H22ClN3/c1-10(2)8-11(9-18)16-19-14-5-3-4-13(17)15(14)20(16)12-6-7-12/h3-5,10-12H,6-9,18H2,1-2H3. The molecule has 1 aliphatic rings. The molecule has 3 rings (SSSR count). The number of imidazole rings is 1. The smallest absolute Gasteiger partial charge is 0.114 e. The van der Waals surface area contributed by atoms with E-state index in [1.54, 1.807) is 0 Å². The number of hydrogen-bond donors (Lipinski definition) is 1. The summed E-state index contributed by atoms with van der Waals surface area (Å²) in [7, 11) is 0. The molecule has 3 nitrogen and oxygen atoms in total. The van der Waals surface area contributed by atoms with Crippen molar-refractivity contribution in [1.82, 2.24) is 9.55 Å². The van der Waals surface area contributed by atoms with Crippen LogP contribution in [-0.2, 0) is 0 Å². The second-order valence-corrected chi connectivity index (χ2v) is 6.65. The Morgan fingerprint density at radius 1 is 1.40 bits per heavy atom. The molecule has 1 atom stereocenters. The van der Waals surface area contributed by atoms with E-state index in [1.807, 2.05) is 18.2 Å². The van der Waals surface area contributed by atoms with E-state index < -0.39 is 0 Å². The summed E-state index contributed by atoms with van der Waals surface area (Å²) in [5.41, 5.74) is 8.11. The van der Waals surface area contributed by atoms with Crippen LogP contribution in [0.25, 0.3) is 11.0 Å². The minimum absolute atomic E-state index is 0.319. The average molecular weight is 292 g/mol. The van der Waals surface area contributed by atoms with Gasteiger partial charge >= 0.3 is 0 Å². The van der Waals surface area contributed by atoms with Crippen LogP contribution in [0.15, 0.2) is 18.2 Å². The molecule has 0 aliphatic heterocycles. The Morgan fingerprint density at radius 3 is 2.75 bits per heavy atom. The van der Waals surface area contributed by atoms with Crippen LogP contribution in [0.1, 0.15) is 50.9 Å². The van der Waals surface area contributed by atoms with Gasteiger partial charge in [0.05, 0.1) is 16.1 Å². The zero-order valence-electron chi connectivity index (χ0n) is 12.1. The molecule has 0 bridgehead atoms. The third-order valence-electron chi connectivity index (χ3n) is 4.01. The van der Waals surface area contributed by atoms with E-state index in [0.717, 1.165) is 28.3 Å². The molecule has 1 heterocycles. The van der Waals surface area contributed by atoms with Gasteiger partial charge in [-0.05, 0) is 37.3 Å². The lowest BCUT2D eigenvalue weighted by molar-refractivity contribution is 0.473. The van der Waals surface area contributed by atoms with E-state index in [-0.39, 0.29) is 0 Å². The van der Waals surface area contributed by atoms with E-state index in [4.69, 9.17) is 22.3 Å². The summed E-state index contributed by atoms with van der Waals surface area (Å²) in [6.45, 7) is 5.12. The van der Waals surface area contributed by atoms with Crippen LogP contribution in [0.3, 0.4) is 0 Å². The highest BCUT2D eigenvalue weighted by Crippen LogP contribution is 2.42. The highest BCUT2D eigenvalue weighted by molar-refractivity contribution is 6.35. The van der Waals surface area contributed by atoms with Crippen molar-refractivity contribution in [3.05, 3.63) is 29.0 Å². The molecule has 1 aliphatic carbocycles. The molecular weight excluding hydrogens is 270 g/mol. The van der Waals surface area contributed by atoms with Gasteiger partial charge in [0.2, 0.25) is 0 Å². The number of benzene rings is 1. The van der Waals surface area contributed by atoms with Crippen LogP contribution in [0.5, 0.6) is 0 Å². The van der Waals surface area contributed by atoms with E-state index in [2.05, 4.69) is 18.4 Å². The maximum Gasteiger partial charge on any atom is 0.114 e. The second kappa shape index (κ2) is 5.38. The molecular formula is C16H22ClN3. The number of fused-ring (bicyclic) bond motifs is 1. The van der Waals surface area contributed by atoms with Crippen molar-refractivity contribution in [3.63, 3.8) is 0 Å². The Hall–Kier alpha value is -1.06. The first-order valence-electron chi connectivity index (χ1n) is 7.48. The first-order chi connectivity index (χ1) is 9.61. The summed E-state index contributed by atoms with van der Waals surface area (Å²) in [5, 5.41) is 0.800. The lowest BCUT2D eigenvalue weighted by atomic mass is 9.96. The van der Waals surface area contributed by atoms with E-state index in [0.29, 0.717) is 24.4 Å². The number of halogens is 1. The van der Waals surface area contributed by atoms with Gasteiger partial charge in [0.15, 0.2) is 0 Å². The molecule has 0 radical (unpaired) electrons. The van der Waals surface area contributed by atoms with Gasteiger partial charge in [-0.3, -0.25) is 0 Å². The Balaban J connectivity index is 2.14. The normalized spacial score (nSPS) is 17.1. The van der Waals surface area contributed by atoms with E-state index in [1.165, 1.54) is 12.8 Å². The van der Waals surface area contributed by atoms with E-state index in [9.17, 15) is 0 Å². The van der Waals surface area contributed by atoms with Crippen molar-refractivity contribution in [3.8, 4) is 0 Å². The Bertz CT molecular complexity index is 613. The predicted octanol–water partition coefficient (Wildman–Crippen LogP) is 4.11. The van der Waals surface area contributed by atoms with Crippen molar-refractivity contribution in [2.24, 2.45) is 11.7 Å². The van der Waals surface area contributed by atoms with Crippen molar-refractivity contribution in [1.29, 1.82) is 0 Å². The van der Waals surface area contributed by atoms with Crippen molar-refractivity contribution >= 4 is 22.6 Å². The van der Waals surface area contributed by atoms with Crippen molar-refractivity contribution in [2.45, 2.75) is 45.1 Å². The molecule has 0 amide bonds.